The van der Waals surface area contributed by atoms with Crippen LogP contribution >= 0.6 is 11.3 Å². The summed E-state index contributed by atoms with van der Waals surface area (Å²) in [6.07, 6.45) is 0. The van der Waals surface area contributed by atoms with Crippen molar-refractivity contribution in [2.75, 3.05) is 20.3 Å². The molecule has 1 aromatic heterocycles. The highest BCUT2D eigenvalue weighted by Gasteiger charge is 2.09. The summed E-state index contributed by atoms with van der Waals surface area (Å²) in [4.78, 5) is 13.4. The number of nitrogens with one attached hydrogen (secondary N) is 1. The third kappa shape index (κ3) is 3.62. The first kappa shape index (κ1) is 13.7. The predicted octanol–water partition coefficient (Wildman–Crippen LogP) is 2.93. The van der Waals surface area contributed by atoms with Crippen molar-refractivity contribution in [3.8, 4) is 10.4 Å². The first-order valence-corrected chi connectivity index (χ1v) is 6.65. The maximum Gasteiger partial charge on any atom is 0.261 e. The summed E-state index contributed by atoms with van der Waals surface area (Å²) in [5.74, 6) is -0.381. The number of hydrogen-bond acceptors (Lipinski definition) is 3. The zero-order chi connectivity index (χ0) is 13.7. The number of halogens is 1. The Labute approximate surface area is 115 Å². The third-order valence-corrected chi connectivity index (χ3v) is 3.68. The first-order chi connectivity index (χ1) is 9.20. The van der Waals surface area contributed by atoms with Gasteiger partial charge >= 0.3 is 0 Å². The van der Waals surface area contributed by atoms with Gasteiger partial charge in [0.25, 0.3) is 5.91 Å². The third-order valence-electron chi connectivity index (χ3n) is 2.55. The fourth-order valence-electron chi connectivity index (χ4n) is 1.58. The molecule has 0 spiro atoms. The normalized spacial score (nSPS) is 10.4. The molecule has 0 aliphatic rings. The van der Waals surface area contributed by atoms with Gasteiger partial charge in [0.05, 0.1) is 11.5 Å². The maximum atomic E-state index is 12.8. The minimum Gasteiger partial charge on any atom is -0.383 e. The average Bonchev–Trinajstić information content (AvgIpc) is 2.89. The van der Waals surface area contributed by atoms with Crippen LogP contribution in [-0.4, -0.2) is 26.2 Å². The first-order valence-electron chi connectivity index (χ1n) is 5.83. The van der Waals surface area contributed by atoms with Crippen LogP contribution in [0.3, 0.4) is 0 Å². The Bertz CT molecular complexity index is 551. The van der Waals surface area contributed by atoms with Crippen LogP contribution in [-0.2, 0) is 4.74 Å². The van der Waals surface area contributed by atoms with Crippen molar-refractivity contribution in [2.45, 2.75) is 0 Å². The van der Waals surface area contributed by atoms with Gasteiger partial charge in [-0.2, -0.15) is 0 Å². The van der Waals surface area contributed by atoms with Gasteiger partial charge in [-0.15, -0.1) is 11.3 Å². The molecule has 3 nitrogen and oxygen atoms in total. The number of hydrogen-bond donors (Lipinski definition) is 1. The van der Waals surface area contributed by atoms with Crippen LogP contribution in [0.1, 0.15) is 9.67 Å². The second-order valence-electron chi connectivity index (χ2n) is 3.92. The summed E-state index contributed by atoms with van der Waals surface area (Å²) in [6, 6.07) is 9.86. The summed E-state index contributed by atoms with van der Waals surface area (Å²) in [5, 5.41) is 2.76. The van der Waals surface area contributed by atoms with E-state index in [0.717, 1.165) is 10.4 Å². The van der Waals surface area contributed by atoms with Crippen LogP contribution in [0.25, 0.3) is 10.4 Å². The summed E-state index contributed by atoms with van der Waals surface area (Å²) < 4.78 is 17.7. The molecule has 0 aliphatic heterocycles. The second-order valence-corrected chi connectivity index (χ2v) is 5.00. The number of thiophene rings is 1. The topological polar surface area (TPSA) is 38.3 Å². The monoisotopic (exact) mass is 279 g/mol. The van der Waals surface area contributed by atoms with Crippen LogP contribution in [0.4, 0.5) is 4.39 Å². The van der Waals surface area contributed by atoms with Gasteiger partial charge in [-0.05, 0) is 29.8 Å². The molecule has 1 aromatic carbocycles. The van der Waals surface area contributed by atoms with Gasteiger partial charge in [0.2, 0.25) is 0 Å². The largest absolute Gasteiger partial charge is 0.383 e. The fourth-order valence-corrected chi connectivity index (χ4v) is 2.51. The standard InChI is InChI=1S/C14H14FNO2S/c1-18-9-8-16-14(17)13-7-6-12(19-13)10-2-4-11(15)5-3-10/h2-7H,8-9H2,1H3,(H,16,17). The van der Waals surface area contributed by atoms with E-state index < -0.39 is 0 Å². The number of carbonyl (C=O) groups is 1. The van der Waals surface area contributed by atoms with Crippen molar-refractivity contribution < 1.29 is 13.9 Å². The molecular formula is C14H14FNO2S. The summed E-state index contributed by atoms with van der Waals surface area (Å²) in [7, 11) is 1.59. The minimum atomic E-state index is -0.266. The average molecular weight is 279 g/mol. The molecule has 0 radical (unpaired) electrons. The second kappa shape index (κ2) is 6.45. The van der Waals surface area contributed by atoms with Crippen LogP contribution in [0.15, 0.2) is 36.4 Å². The van der Waals surface area contributed by atoms with E-state index >= 15 is 0 Å². The number of rotatable bonds is 5. The van der Waals surface area contributed by atoms with E-state index in [4.69, 9.17) is 4.74 Å². The van der Waals surface area contributed by atoms with Gasteiger partial charge in [0.1, 0.15) is 5.82 Å². The van der Waals surface area contributed by atoms with Gasteiger partial charge in [0.15, 0.2) is 0 Å². The lowest BCUT2D eigenvalue weighted by atomic mass is 10.2. The molecule has 1 N–H and O–H groups in total. The molecule has 19 heavy (non-hydrogen) atoms. The molecule has 0 saturated carbocycles. The van der Waals surface area contributed by atoms with Crippen molar-refractivity contribution in [3.63, 3.8) is 0 Å². The molecule has 0 unspecified atom stereocenters. The smallest absolute Gasteiger partial charge is 0.261 e. The Kier molecular flexibility index (Phi) is 4.65. The molecule has 2 aromatic rings. The zero-order valence-electron chi connectivity index (χ0n) is 10.5. The maximum absolute atomic E-state index is 12.8. The fraction of sp³-hybridized carbons (Fsp3) is 0.214. The molecule has 1 amide bonds. The Morgan fingerprint density at radius 1 is 1.26 bits per heavy atom. The Hall–Kier alpha value is -1.72. The Morgan fingerprint density at radius 2 is 2.00 bits per heavy atom. The van der Waals surface area contributed by atoms with Gasteiger partial charge in [-0.3, -0.25) is 4.79 Å². The molecule has 0 fully saturated rings. The van der Waals surface area contributed by atoms with Gasteiger partial charge in [0, 0.05) is 18.5 Å². The molecule has 100 valence electrons. The molecule has 0 bridgehead atoms. The quantitative estimate of drug-likeness (QED) is 0.855. The predicted molar refractivity (Wildman–Crippen MR) is 73.9 cm³/mol. The van der Waals surface area contributed by atoms with E-state index in [0.29, 0.717) is 18.0 Å². The molecule has 5 heteroatoms. The SMILES string of the molecule is COCCNC(=O)c1ccc(-c2ccc(F)cc2)s1. The highest BCUT2D eigenvalue weighted by molar-refractivity contribution is 7.17. The van der Waals surface area contributed by atoms with E-state index in [-0.39, 0.29) is 11.7 Å². The molecule has 1 heterocycles. The summed E-state index contributed by atoms with van der Waals surface area (Å²) >= 11 is 1.38. The van der Waals surface area contributed by atoms with Crippen molar-refractivity contribution >= 4 is 17.2 Å². The van der Waals surface area contributed by atoms with Gasteiger partial charge in [-0.25, -0.2) is 4.39 Å². The highest BCUT2D eigenvalue weighted by atomic mass is 32.1. The van der Waals surface area contributed by atoms with Crippen LogP contribution in [0.5, 0.6) is 0 Å². The van der Waals surface area contributed by atoms with Gasteiger partial charge in [-0.1, -0.05) is 12.1 Å². The lowest BCUT2D eigenvalue weighted by molar-refractivity contribution is 0.0941. The van der Waals surface area contributed by atoms with E-state index in [2.05, 4.69) is 5.32 Å². The lowest BCUT2D eigenvalue weighted by Crippen LogP contribution is -2.26. The Morgan fingerprint density at radius 3 is 2.68 bits per heavy atom. The lowest BCUT2D eigenvalue weighted by Gasteiger charge is -2.01. The number of amides is 1. The van der Waals surface area contributed by atoms with Crippen molar-refractivity contribution in [1.29, 1.82) is 0 Å². The van der Waals surface area contributed by atoms with E-state index in [1.54, 1.807) is 25.3 Å². The van der Waals surface area contributed by atoms with E-state index in [1.165, 1.54) is 23.5 Å². The van der Waals surface area contributed by atoms with Crippen LogP contribution in [0, 0.1) is 5.82 Å². The molecule has 2 rings (SSSR count). The molecule has 0 saturated heterocycles. The number of benzene rings is 1. The van der Waals surface area contributed by atoms with Crippen LogP contribution < -0.4 is 5.32 Å². The molecular weight excluding hydrogens is 265 g/mol. The zero-order valence-corrected chi connectivity index (χ0v) is 11.3. The van der Waals surface area contributed by atoms with E-state index in [1.807, 2.05) is 6.07 Å². The molecule has 0 aliphatic carbocycles. The highest BCUT2D eigenvalue weighted by Crippen LogP contribution is 2.28. The Balaban J connectivity index is 2.06. The minimum absolute atomic E-state index is 0.115. The molecule has 0 atom stereocenters. The van der Waals surface area contributed by atoms with Crippen molar-refractivity contribution in [1.82, 2.24) is 5.32 Å². The van der Waals surface area contributed by atoms with Gasteiger partial charge < -0.3 is 10.1 Å². The number of methoxy groups -OCH3 is 1. The van der Waals surface area contributed by atoms with E-state index in [9.17, 15) is 9.18 Å². The summed E-state index contributed by atoms with van der Waals surface area (Å²) in [6.45, 7) is 0.973. The van der Waals surface area contributed by atoms with Crippen molar-refractivity contribution in [2.24, 2.45) is 0 Å². The van der Waals surface area contributed by atoms with Crippen LogP contribution in [0.2, 0.25) is 0 Å². The number of carbonyl (C=O) groups excluding carboxylic acids is 1. The summed E-state index contributed by atoms with van der Waals surface area (Å²) in [5.41, 5.74) is 0.905. The van der Waals surface area contributed by atoms with Crippen molar-refractivity contribution in [3.05, 3.63) is 47.1 Å². The number of ether oxygens (including phenoxy) is 1.